The van der Waals surface area contributed by atoms with Gasteiger partial charge < -0.3 is 4.74 Å². The molecule has 0 N–H and O–H groups in total. The minimum Gasteiger partial charge on any atom is -0.442 e. The Morgan fingerprint density at radius 2 is 2.17 bits per heavy atom. The zero-order chi connectivity index (χ0) is 12.4. The van der Waals surface area contributed by atoms with Gasteiger partial charge >= 0.3 is 6.09 Å². The van der Waals surface area contributed by atoms with Crippen molar-refractivity contribution in [3.05, 3.63) is 43.0 Å². The lowest BCUT2D eigenvalue weighted by molar-refractivity contribution is 0.129. The molecule has 92 valence electrons. The van der Waals surface area contributed by atoms with Gasteiger partial charge in [0, 0.05) is 5.69 Å². The molecule has 1 aliphatic rings. The van der Waals surface area contributed by atoms with E-state index in [4.69, 9.17) is 4.74 Å². The van der Waals surface area contributed by atoms with Crippen LogP contribution in [0.2, 0.25) is 0 Å². The van der Waals surface area contributed by atoms with Crippen LogP contribution in [-0.4, -0.2) is 33.5 Å². The molecule has 0 unspecified atom stereocenters. The quantitative estimate of drug-likeness (QED) is 0.816. The molecule has 0 bridgehead atoms. The van der Waals surface area contributed by atoms with E-state index in [0.29, 0.717) is 13.1 Å². The number of carbonyl (C=O) groups excluding carboxylic acids is 1. The normalized spacial score (nSPS) is 19.0. The third kappa shape index (κ3) is 2.04. The minimum absolute atomic E-state index is 0.195. The first kappa shape index (κ1) is 10.8. The number of carbonyl (C=O) groups is 1. The van der Waals surface area contributed by atoms with E-state index in [2.05, 4.69) is 10.1 Å². The van der Waals surface area contributed by atoms with E-state index < -0.39 is 0 Å². The summed E-state index contributed by atoms with van der Waals surface area (Å²) in [5.41, 5.74) is 0.851. The first-order valence-corrected chi connectivity index (χ1v) is 5.68. The van der Waals surface area contributed by atoms with E-state index >= 15 is 0 Å². The van der Waals surface area contributed by atoms with Gasteiger partial charge in [0.25, 0.3) is 0 Å². The van der Waals surface area contributed by atoms with E-state index in [1.165, 1.54) is 6.33 Å². The number of nitrogens with zero attached hydrogens (tertiary/aromatic N) is 4. The second kappa shape index (κ2) is 4.48. The number of rotatable bonds is 3. The van der Waals surface area contributed by atoms with Gasteiger partial charge in [-0.25, -0.2) is 14.5 Å². The maximum Gasteiger partial charge on any atom is 0.414 e. The lowest BCUT2D eigenvalue weighted by Crippen LogP contribution is -2.25. The van der Waals surface area contributed by atoms with Crippen LogP contribution in [0, 0.1) is 0 Å². The van der Waals surface area contributed by atoms with Crippen LogP contribution in [-0.2, 0) is 11.3 Å². The number of ether oxygens (including phenoxy) is 1. The van der Waals surface area contributed by atoms with Crippen LogP contribution in [0.15, 0.2) is 43.0 Å². The average molecular weight is 244 g/mol. The average Bonchev–Trinajstić information content (AvgIpc) is 3.01. The van der Waals surface area contributed by atoms with Gasteiger partial charge in [0.05, 0.1) is 13.1 Å². The number of cyclic esters (lactones) is 1. The van der Waals surface area contributed by atoms with Crippen molar-refractivity contribution >= 4 is 11.8 Å². The summed E-state index contributed by atoms with van der Waals surface area (Å²) in [7, 11) is 0. The zero-order valence-corrected chi connectivity index (χ0v) is 9.64. The topological polar surface area (TPSA) is 60.3 Å². The van der Waals surface area contributed by atoms with Crippen molar-refractivity contribution in [1.29, 1.82) is 0 Å². The Labute approximate surface area is 104 Å². The van der Waals surface area contributed by atoms with Gasteiger partial charge in [0.1, 0.15) is 18.8 Å². The number of amides is 1. The van der Waals surface area contributed by atoms with E-state index in [1.54, 1.807) is 15.9 Å². The van der Waals surface area contributed by atoms with Crippen LogP contribution in [0.5, 0.6) is 0 Å². The third-order valence-electron chi connectivity index (χ3n) is 2.80. The maximum atomic E-state index is 11.8. The maximum absolute atomic E-state index is 11.8. The summed E-state index contributed by atoms with van der Waals surface area (Å²) >= 11 is 0. The highest BCUT2D eigenvalue weighted by molar-refractivity contribution is 5.89. The molecular formula is C12H12N4O2. The number of anilines is 1. The van der Waals surface area contributed by atoms with Gasteiger partial charge in [-0.15, -0.1) is 0 Å². The molecule has 0 spiro atoms. The molecular weight excluding hydrogens is 232 g/mol. The first-order chi connectivity index (χ1) is 8.83. The number of hydrogen-bond acceptors (Lipinski definition) is 4. The number of hydrogen-bond donors (Lipinski definition) is 0. The fourth-order valence-electron chi connectivity index (χ4n) is 1.97. The van der Waals surface area contributed by atoms with Crippen LogP contribution < -0.4 is 4.90 Å². The van der Waals surface area contributed by atoms with Gasteiger partial charge in [0.2, 0.25) is 0 Å². The standard InChI is InChI=1S/C12H12N4O2/c17-12-16(10-4-2-1-3-5-10)7-11(18-12)6-15-9-13-8-14-15/h1-5,8-9,11H,6-7H2/t11-/m1/s1. The van der Waals surface area contributed by atoms with Crippen LogP contribution >= 0.6 is 0 Å². The Kier molecular flexibility index (Phi) is 2.68. The number of benzene rings is 1. The summed E-state index contributed by atoms with van der Waals surface area (Å²) in [5.74, 6) is 0. The molecule has 2 heterocycles. The lowest BCUT2D eigenvalue weighted by Gasteiger charge is -2.12. The van der Waals surface area contributed by atoms with Crippen molar-refractivity contribution in [2.75, 3.05) is 11.4 Å². The molecule has 0 aliphatic carbocycles. The molecule has 1 saturated heterocycles. The SMILES string of the molecule is O=C1O[C@H](Cn2cncn2)CN1c1ccccc1. The van der Waals surface area contributed by atoms with Gasteiger partial charge in [0.15, 0.2) is 0 Å². The van der Waals surface area contributed by atoms with Crippen molar-refractivity contribution in [3.63, 3.8) is 0 Å². The molecule has 6 heteroatoms. The molecule has 1 atom stereocenters. The third-order valence-corrected chi connectivity index (χ3v) is 2.80. The molecule has 2 aromatic rings. The summed E-state index contributed by atoms with van der Waals surface area (Å²) in [4.78, 5) is 17.3. The van der Waals surface area contributed by atoms with Crippen LogP contribution in [0.1, 0.15) is 0 Å². The largest absolute Gasteiger partial charge is 0.442 e. The molecule has 6 nitrogen and oxygen atoms in total. The summed E-state index contributed by atoms with van der Waals surface area (Å²) in [5, 5.41) is 4.00. The Balaban J connectivity index is 1.71. The molecule has 18 heavy (non-hydrogen) atoms. The van der Waals surface area contributed by atoms with Gasteiger partial charge in [-0.1, -0.05) is 18.2 Å². The molecule has 1 fully saturated rings. The highest BCUT2D eigenvalue weighted by Crippen LogP contribution is 2.21. The number of para-hydroxylation sites is 1. The second-order valence-corrected chi connectivity index (χ2v) is 4.07. The van der Waals surface area contributed by atoms with Gasteiger partial charge in [-0.05, 0) is 12.1 Å². The molecule has 1 aromatic carbocycles. The molecule has 3 rings (SSSR count). The molecule has 1 amide bonds. The van der Waals surface area contributed by atoms with Crippen molar-refractivity contribution in [2.45, 2.75) is 12.6 Å². The monoisotopic (exact) mass is 244 g/mol. The summed E-state index contributed by atoms with van der Waals surface area (Å²) in [6.07, 6.45) is 2.57. The van der Waals surface area contributed by atoms with Crippen LogP contribution in [0.4, 0.5) is 10.5 Å². The van der Waals surface area contributed by atoms with E-state index in [-0.39, 0.29) is 12.2 Å². The van der Waals surface area contributed by atoms with E-state index in [9.17, 15) is 4.79 Å². The van der Waals surface area contributed by atoms with E-state index in [0.717, 1.165) is 5.69 Å². The Morgan fingerprint density at radius 1 is 1.33 bits per heavy atom. The Hall–Kier alpha value is -2.37. The predicted molar refractivity (Wildman–Crippen MR) is 64.1 cm³/mol. The fraction of sp³-hybridized carbons (Fsp3) is 0.250. The van der Waals surface area contributed by atoms with Crippen molar-refractivity contribution < 1.29 is 9.53 Å². The molecule has 0 radical (unpaired) electrons. The van der Waals surface area contributed by atoms with Gasteiger partial charge in [-0.2, -0.15) is 5.10 Å². The molecule has 0 saturated carbocycles. The highest BCUT2D eigenvalue weighted by atomic mass is 16.6. The second-order valence-electron chi connectivity index (χ2n) is 4.07. The number of aromatic nitrogens is 3. The smallest absolute Gasteiger partial charge is 0.414 e. The highest BCUT2D eigenvalue weighted by Gasteiger charge is 2.32. The van der Waals surface area contributed by atoms with Crippen molar-refractivity contribution in [1.82, 2.24) is 14.8 Å². The predicted octanol–water partition coefficient (Wildman–Crippen LogP) is 1.30. The van der Waals surface area contributed by atoms with Crippen molar-refractivity contribution in [2.24, 2.45) is 0 Å². The van der Waals surface area contributed by atoms with Crippen LogP contribution in [0.3, 0.4) is 0 Å². The Bertz CT molecular complexity index is 526. The van der Waals surface area contributed by atoms with E-state index in [1.807, 2.05) is 30.3 Å². The molecule has 1 aromatic heterocycles. The zero-order valence-electron chi connectivity index (χ0n) is 9.64. The summed E-state index contributed by atoms with van der Waals surface area (Å²) in [6.45, 7) is 1.05. The lowest BCUT2D eigenvalue weighted by atomic mass is 10.3. The summed E-state index contributed by atoms with van der Waals surface area (Å²) in [6, 6.07) is 9.48. The minimum atomic E-state index is -0.314. The Morgan fingerprint density at radius 3 is 2.89 bits per heavy atom. The van der Waals surface area contributed by atoms with Crippen molar-refractivity contribution in [3.8, 4) is 0 Å². The fourth-order valence-corrected chi connectivity index (χ4v) is 1.97. The van der Waals surface area contributed by atoms with Crippen LogP contribution in [0.25, 0.3) is 0 Å². The summed E-state index contributed by atoms with van der Waals surface area (Å²) < 4.78 is 6.96. The first-order valence-electron chi connectivity index (χ1n) is 5.68. The van der Waals surface area contributed by atoms with Gasteiger partial charge in [-0.3, -0.25) is 4.90 Å². The molecule has 1 aliphatic heterocycles.